The maximum Gasteiger partial charge on any atom is 0.248 e. The Hall–Kier alpha value is -1.09. The summed E-state index contributed by atoms with van der Waals surface area (Å²) in [5.41, 5.74) is 0. The zero-order valence-corrected chi connectivity index (χ0v) is 8.54. The van der Waals surface area contributed by atoms with Crippen molar-refractivity contribution in [1.82, 2.24) is 4.90 Å². The van der Waals surface area contributed by atoms with Crippen LogP contribution >= 0.6 is 0 Å². The fourth-order valence-electron chi connectivity index (χ4n) is 3.05. The summed E-state index contributed by atoms with van der Waals surface area (Å²) in [4.78, 5) is 13.0. The van der Waals surface area contributed by atoms with Crippen molar-refractivity contribution in [3.05, 3.63) is 24.3 Å². The van der Waals surface area contributed by atoms with Crippen molar-refractivity contribution in [1.29, 1.82) is 0 Å². The summed E-state index contributed by atoms with van der Waals surface area (Å²) >= 11 is 0. The third kappa shape index (κ3) is 1.42. The number of carbonyl (C=O) groups is 1. The van der Waals surface area contributed by atoms with Crippen molar-refractivity contribution in [2.75, 3.05) is 6.54 Å². The molecule has 1 saturated carbocycles. The number of nitrogens with zero attached hydrogens (tertiary/aromatic N) is 1. The average Bonchev–Trinajstić information content (AvgIpc) is 2.89. The third-order valence-electron chi connectivity index (χ3n) is 3.86. The molecule has 0 aromatic carbocycles. The largest absolute Gasteiger partial charge is 0.370 e. The number of carbonyl (C=O) groups excluding carboxylic acids is 1. The molecule has 3 nitrogen and oxygen atoms in total. The number of aliphatic hydroxyl groups excluding tert-OH is 1. The molecule has 0 radical (unpaired) electrons. The second-order valence-corrected chi connectivity index (χ2v) is 4.80. The Kier molecular flexibility index (Phi) is 1.96. The van der Waals surface area contributed by atoms with Gasteiger partial charge in [0.05, 0.1) is 0 Å². The van der Waals surface area contributed by atoms with Crippen LogP contribution in [0.4, 0.5) is 0 Å². The highest BCUT2D eigenvalue weighted by atomic mass is 16.3. The lowest BCUT2D eigenvalue weighted by atomic mass is 9.93. The number of allylic oxidation sites excluding steroid dienone is 2. The van der Waals surface area contributed by atoms with Crippen LogP contribution in [0.5, 0.6) is 0 Å². The predicted octanol–water partition coefficient (Wildman–Crippen LogP) is 0.915. The lowest BCUT2D eigenvalue weighted by molar-refractivity contribution is -0.131. The lowest BCUT2D eigenvalue weighted by Gasteiger charge is -2.27. The molecule has 0 aromatic rings. The molecule has 1 fully saturated rings. The van der Waals surface area contributed by atoms with E-state index in [1.807, 2.05) is 0 Å². The van der Waals surface area contributed by atoms with Crippen LogP contribution in [0.2, 0.25) is 0 Å². The monoisotopic (exact) mass is 205 g/mol. The van der Waals surface area contributed by atoms with E-state index in [2.05, 4.69) is 12.2 Å². The molecule has 3 heteroatoms. The molecule has 15 heavy (non-hydrogen) atoms. The second-order valence-electron chi connectivity index (χ2n) is 4.80. The van der Waals surface area contributed by atoms with E-state index in [-0.39, 0.29) is 5.91 Å². The fraction of sp³-hybridized carbons (Fsp3) is 0.583. The van der Waals surface area contributed by atoms with Gasteiger partial charge in [-0.3, -0.25) is 4.79 Å². The van der Waals surface area contributed by atoms with Crippen molar-refractivity contribution in [3.63, 3.8) is 0 Å². The highest BCUT2D eigenvalue weighted by molar-refractivity contribution is 5.90. The van der Waals surface area contributed by atoms with Crippen LogP contribution in [0, 0.1) is 17.8 Å². The smallest absolute Gasteiger partial charge is 0.248 e. The van der Waals surface area contributed by atoms with E-state index >= 15 is 0 Å². The van der Waals surface area contributed by atoms with E-state index < -0.39 is 6.23 Å². The van der Waals surface area contributed by atoms with Crippen molar-refractivity contribution < 1.29 is 9.90 Å². The van der Waals surface area contributed by atoms with Crippen molar-refractivity contribution >= 4 is 5.91 Å². The van der Waals surface area contributed by atoms with Gasteiger partial charge < -0.3 is 10.0 Å². The van der Waals surface area contributed by atoms with Gasteiger partial charge in [0.15, 0.2) is 0 Å². The molecule has 0 spiro atoms. The number of hydrogen-bond acceptors (Lipinski definition) is 2. The molecule has 2 aliphatic carbocycles. The van der Waals surface area contributed by atoms with Crippen molar-refractivity contribution in [2.45, 2.75) is 19.1 Å². The van der Waals surface area contributed by atoms with Crippen LogP contribution in [0.15, 0.2) is 24.3 Å². The topological polar surface area (TPSA) is 40.5 Å². The summed E-state index contributed by atoms with van der Waals surface area (Å²) in [5, 5.41) is 9.59. The number of amides is 1. The fourth-order valence-corrected chi connectivity index (χ4v) is 3.05. The normalized spacial score (nSPS) is 42.2. The van der Waals surface area contributed by atoms with E-state index in [1.165, 1.54) is 18.9 Å². The van der Waals surface area contributed by atoms with E-state index in [9.17, 15) is 9.90 Å². The molecule has 4 unspecified atom stereocenters. The highest BCUT2D eigenvalue weighted by Gasteiger charge is 2.38. The van der Waals surface area contributed by atoms with Gasteiger partial charge in [-0.1, -0.05) is 12.2 Å². The molecule has 3 aliphatic rings. The number of rotatable bonds is 2. The maximum atomic E-state index is 11.4. The SMILES string of the molecule is O=C1C=CC(O)N1CC1CC2C=CC1C2. The summed E-state index contributed by atoms with van der Waals surface area (Å²) in [6.07, 6.45) is 9.33. The summed E-state index contributed by atoms with van der Waals surface area (Å²) in [6, 6.07) is 0. The minimum Gasteiger partial charge on any atom is -0.370 e. The van der Waals surface area contributed by atoms with Crippen LogP contribution in [-0.4, -0.2) is 28.7 Å². The van der Waals surface area contributed by atoms with Crippen LogP contribution in [0.25, 0.3) is 0 Å². The molecule has 3 rings (SSSR count). The minimum atomic E-state index is -0.694. The molecular formula is C12H15NO2. The van der Waals surface area contributed by atoms with Gasteiger partial charge in [0.25, 0.3) is 0 Å². The zero-order valence-electron chi connectivity index (χ0n) is 8.54. The quantitative estimate of drug-likeness (QED) is 0.681. The van der Waals surface area contributed by atoms with Crippen LogP contribution in [-0.2, 0) is 4.79 Å². The molecule has 0 aromatic heterocycles. The highest BCUT2D eigenvalue weighted by Crippen LogP contribution is 2.43. The lowest BCUT2D eigenvalue weighted by Crippen LogP contribution is -2.38. The van der Waals surface area contributed by atoms with Gasteiger partial charge in [-0.05, 0) is 36.7 Å². The molecular weight excluding hydrogens is 190 g/mol. The van der Waals surface area contributed by atoms with Gasteiger partial charge in [-0.2, -0.15) is 0 Å². The van der Waals surface area contributed by atoms with Crippen LogP contribution in [0.1, 0.15) is 12.8 Å². The van der Waals surface area contributed by atoms with Gasteiger partial charge in [-0.15, -0.1) is 0 Å². The second kappa shape index (κ2) is 3.20. The zero-order chi connectivity index (χ0) is 10.4. The first-order valence-corrected chi connectivity index (χ1v) is 5.59. The van der Waals surface area contributed by atoms with Gasteiger partial charge in [0, 0.05) is 12.6 Å². The predicted molar refractivity (Wildman–Crippen MR) is 55.7 cm³/mol. The Morgan fingerprint density at radius 2 is 2.20 bits per heavy atom. The van der Waals surface area contributed by atoms with Gasteiger partial charge in [0.2, 0.25) is 5.91 Å². The van der Waals surface area contributed by atoms with Gasteiger partial charge >= 0.3 is 0 Å². The Bertz CT molecular complexity index is 348. The Morgan fingerprint density at radius 1 is 1.33 bits per heavy atom. The number of hydrogen-bond donors (Lipinski definition) is 1. The Balaban J connectivity index is 1.67. The number of fused-ring (bicyclic) bond motifs is 2. The summed E-state index contributed by atoms with van der Waals surface area (Å²) in [6.45, 7) is 0.707. The molecule has 1 N–H and O–H groups in total. The Labute approximate surface area is 89.1 Å². The van der Waals surface area contributed by atoms with E-state index in [0.717, 1.165) is 5.92 Å². The maximum absolute atomic E-state index is 11.4. The molecule has 1 aliphatic heterocycles. The molecule has 0 saturated heterocycles. The van der Waals surface area contributed by atoms with E-state index in [1.54, 1.807) is 11.0 Å². The molecule has 2 bridgehead atoms. The standard InChI is InChI=1S/C12H15NO2/c14-11-3-4-12(15)13(11)7-10-6-8-1-2-9(10)5-8/h1-4,8-11,14H,5-7H2. The molecule has 4 atom stereocenters. The summed E-state index contributed by atoms with van der Waals surface area (Å²) < 4.78 is 0. The molecule has 1 amide bonds. The van der Waals surface area contributed by atoms with Crippen molar-refractivity contribution in [2.24, 2.45) is 17.8 Å². The summed E-state index contributed by atoms with van der Waals surface area (Å²) in [7, 11) is 0. The van der Waals surface area contributed by atoms with Gasteiger partial charge in [-0.25, -0.2) is 0 Å². The van der Waals surface area contributed by atoms with Crippen molar-refractivity contribution in [3.8, 4) is 0 Å². The van der Waals surface area contributed by atoms with Crippen LogP contribution in [0.3, 0.4) is 0 Å². The van der Waals surface area contributed by atoms with E-state index in [4.69, 9.17) is 0 Å². The molecule has 1 heterocycles. The third-order valence-corrected chi connectivity index (χ3v) is 3.86. The summed E-state index contributed by atoms with van der Waals surface area (Å²) in [5.74, 6) is 1.87. The minimum absolute atomic E-state index is 0.0470. The van der Waals surface area contributed by atoms with Gasteiger partial charge in [0.1, 0.15) is 6.23 Å². The van der Waals surface area contributed by atoms with E-state index in [0.29, 0.717) is 18.4 Å². The Morgan fingerprint density at radius 3 is 2.73 bits per heavy atom. The first kappa shape index (κ1) is 9.16. The van der Waals surface area contributed by atoms with Crippen LogP contribution < -0.4 is 0 Å². The molecule has 80 valence electrons. The first-order chi connectivity index (χ1) is 7.24. The first-order valence-electron chi connectivity index (χ1n) is 5.59. The average molecular weight is 205 g/mol. The number of aliphatic hydroxyl groups is 1.